The molecule has 0 atom stereocenters. The van der Waals surface area contributed by atoms with E-state index in [0.717, 1.165) is 5.56 Å². The molecule has 0 saturated carbocycles. The normalized spacial score (nSPS) is 10.4. The average Bonchev–Trinajstić information content (AvgIpc) is 2.25. The number of aryl methyl sites for hydroxylation is 1. The molecule has 0 radical (unpaired) electrons. The third-order valence-corrected chi connectivity index (χ3v) is 2.99. The molecule has 0 fully saturated rings. The highest BCUT2D eigenvalue weighted by Crippen LogP contribution is 2.21. The zero-order valence-electron chi connectivity index (χ0n) is 10.3. The molecule has 0 aliphatic rings. The van der Waals surface area contributed by atoms with Crippen LogP contribution in [0.15, 0.2) is 34.8 Å². The molecule has 2 aromatic rings. The van der Waals surface area contributed by atoms with E-state index in [4.69, 9.17) is 0 Å². The molecule has 0 heterocycles. The number of halogens is 4. The summed E-state index contributed by atoms with van der Waals surface area (Å²) in [4.78, 5) is 11.9. The number of carbonyl (C=O) groups is 1. The molecule has 20 heavy (non-hydrogen) atoms. The Bertz CT molecular complexity index is 645. The van der Waals surface area contributed by atoms with Crippen LogP contribution in [-0.4, -0.2) is 5.91 Å². The van der Waals surface area contributed by atoms with Gasteiger partial charge in [-0.3, -0.25) is 4.79 Å². The fourth-order valence-electron chi connectivity index (χ4n) is 1.76. The van der Waals surface area contributed by atoms with Crippen LogP contribution < -0.4 is 5.32 Å². The summed E-state index contributed by atoms with van der Waals surface area (Å²) >= 11 is 3.25. The Hall–Kier alpha value is -1.82. The second-order valence-corrected chi connectivity index (χ2v) is 5.13. The lowest BCUT2D eigenvalue weighted by Gasteiger charge is -2.08. The van der Waals surface area contributed by atoms with E-state index in [1.807, 2.05) is 6.07 Å². The van der Waals surface area contributed by atoms with Gasteiger partial charge in [0, 0.05) is 22.3 Å². The van der Waals surface area contributed by atoms with Gasteiger partial charge in [0.05, 0.1) is 0 Å². The summed E-state index contributed by atoms with van der Waals surface area (Å²) in [5.74, 6) is -4.54. The van der Waals surface area contributed by atoms with Gasteiger partial charge in [-0.25, -0.2) is 13.2 Å². The second kappa shape index (κ2) is 5.66. The molecule has 0 aliphatic heterocycles. The van der Waals surface area contributed by atoms with E-state index in [9.17, 15) is 18.0 Å². The number of anilines is 1. The maximum atomic E-state index is 13.5. The third-order valence-electron chi connectivity index (χ3n) is 2.53. The summed E-state index contributed by atoms with van der Waals surface area (Å²) in [5, 5.41) is 2.37. The number of benzene rings is 2. The Morgan fingerprint density at radius 1 is 1.05 bits per heavy atom. The van der Waals surface area contributed by atoms with Crippen molar-refractivity contribution in [3.8, 4) is 0 Å². The van der Waals surface area contributed by atoms with Gasteiger partial charge in [0.25, 0.3) is 5.91 Å². The number of hydrogen-bond donors (Lipinski definition) is 1. The summed E-state index contributed by atoms with van der Waals surface area (Å²) in [5.41, 5.74) is 0.420. The van der Waals surface area contributed by atoms with E-state index in [0.29, 0.717) is 22.3 Å². The molecule has 2 nitrogen and oxygen atoms in total. The molecule has 6 heteroatoms. The van der Waals surface area contributed by atoms with Crippen molar-refractivity contribution in [3.05, 3.63) is 63.4 Å². The van der Waals surface area contributed by atoms with Crippen LogP contribution in [0.5, 0.6) is 0 Å². The maximum absolute atomic E-state index is 13.5. The van der Waals surface area contributed by atoms with Gasteiger partial charge in [0.15, 0.2) is 0 Å². The van der Waals surface area contributed by atoms with Crippen LogP contribution in [0.4, 0.5) is 18.9 Å². The van der Waals surface area contributed by atoms with Crippen LogP contribution >= 0.6 is 15.9 Å². The number of amides is 1. The Kier molecular flexibility index (Phi) is 4.13. The predicted molar refractivity (Wildman–Crippen MR) is 73.1 cm³/mol. The van der Waals surface area contributed by atoms with Crippen molar-refractivity contribution in [3.63, 3.8) is 0 Å². The van der Waals surface area contributed by atoms with E-state index < -0.39 is 28.9 Å². The van der Waals surface area contributed by atoms with Crippen molar-refractivity contribution < 1.29 is 18.0 Å². The highest BCUT2D eigenvalue weighted by molar-refractivity contribution is 9.10. The fourth-order valence-corrected chi connectivity index (χ4v) is 2.37. The zero-order valence-corrected chi connectivity index (χ0v) is 11.9. The number of nitrogens with one attached hydrogen (secondary N) is 1. The fraction of sp³-hybridized carbons (Fsp3) is 0.0714. The Morgan fingerprint density at radius 3 is 2.20 bits per heavy atom. The van der Waals surface area contributed by atoms with E-state index in [-0.39, 0.29) is 0 Å². The van der Waals surface area contributed by atoms with Gasteiger partial charge in [-0.1, -0.05) is 15.9 Å². The minimum absolute atomic E-state index is 0.380. The Labute approximate surface area is 121 Å². The molecule has 0 unspecified atom stereocenters. The first-order chi connectivity index (χ1) is 9.36. The second-order valence-electron chi connectivity index (χ2n) is 4.22. The van der Waals surface area contributed by atoms with Crippen molar-refractivity contribution in [1.82, 2.24) is 0 Å². The quantitative estimate of drug-likeness (QED) is 0.858. The molecule has 0 aliphatic carbocycles. The smallest absolute Gasteiger partial charge is 0.261 e. The van der Waals surface area contributed by atoms with Gasteiger partial charge in [-0.2, -0.15) is 0 Å². The van der Waals surface area contributed by atoms with Crippen LogP contribution in [0.1, 0.15) is 15.9 Å². The van der Waals surface area contributed by atoms with Gasteiger partial charge >= 0.3 is 0 Å². The molecule has 2 rings (SSSR count). The molecular formula is C14H9BrF3NO. The van der Waals surface area contributed by atoms with E-state index in [1.54, 1.807) is 19.1 Å². The molecule has 104 valence electrons. The first-order valence-corrected chi connectivity index (χ1v) is 6.39. The van der Waals surface area contributed by atoms with E-state index in [1.165, 1.54) is 0 Å². The van der Waals surface area contributed by atoms with Crippen molar-refractivity contribution in [2.75, 3.05) is 5.32 Å². The first-order valence-electron chi connectivity index (χ1n) is 5.60. The molecule has 0 aromatic heterocycles. The van der Waals surface area contributed by atoms with Gasteiger partial charge in [0.2, 0.25) is 0 Å². The number of carbonyl (C=O) groups excluding carboxylic acids is 1. The van der Waals surface area contributed by atoms with Gasteiger partial charge in [-0.15, -0.1) is 0 Å². The third kappa shape index (κ3) is 3.19. The van der Waals surface area contributed by atoms with Crippen molar-refractivity contribution in [1.29, 1.82) is 0 Å². The topological polar surface area (TPSA) is 29.1 Å². The van der Waals surface area contributed by atoms with Gasteiger partial charge in [0.1, 0.15) is 23.0 Å². The molecule has 0 saturated heterocycles. The van der Waals surface area contributed by atoms with Crippen LogP contribution in [0.2, 0.25) is 0 Å². The number of rotatable bonds is 2. The van der Waals surface area contributed by atoms with Crippen LogP contribution in [0.25, 0.3) is 0 Å². The molecule has 1 N–H and O–H groups in total. The summed E-state index contributed by atoms with van der Waals surface area (Å²) in [6.45, 7) is 1.81. The minimum Gasteiger partial charge on any atom is -0.322 e. The molecular weight excluding hydrogens is 335 g/mol. The highest BCUT2D eigenvalue weighted by atomic mass is 79.9. The Morgan fingerprint density at radius 2 is 1.65 bits per heavy atom. The van der Waals surface area contributed by atoms with Crippen LogP contribution in [0, 0.1) is 24.4 Å². The highest BCUT2D eigenvalue weighted by Gasteiger charge is 2.19. The van der Waals surface area contributed by atoms with Crippen LogP contribution in [0.3, 0.4) is 0 Å². The molecule has 0 bridgehead atoms. The average molecular weight is 344 g/mol. The molecule has 1 amide bonds. The summed E-state index contributed by atoms with van der Waals surface area (Å²) in [6.07, 6.45) is 0. The molecule has 2 aromatic carbocycles. The first kappa shape index (κ1) is 14.6. The largest absolute Gasteiger partial charge is 0.322 e. The summed E-state index contributed by atoms with van der Waals surface area (Å²) < 4.78 is 40.4. The van der Waals surface area contributed by atoms with E-state index >= 15 is 0 Å². The van der Waals surface area contributed by atoms with Crippen molar-refractivity contribution in [2.45, 2.75) is 6.92 Å². The standard InChI is InChI=1S/C14H9BrF3NO/c1-7-2-8(15)4-10(3-7)19-14(20)13-11(17)5-9(16)6-12(13)18/h2-6H,1H3,(H,19,20). The SMILES string of the molecule is Cc1cc(Br)cc(NC(=O)c2c(F)cc(F)cc2F)c1. The maximum Gasteiger partial charge on any atom is 0.261 e. The molecule has 0 spiro atoms. The van der Waals surface area contributed by atoms with Gasteiger partial charge in [-0.05, 0) is 30.7 Å². The zero-order chi connectivity index (χ0) is 14.9. The lowest BCUT2D eigenvalue weighted by molar-refractivity contribution is 0.101. The summed E-state index contributed by atoms with van der Waals surface area (Å²) in [6, 6.07) is 5.97. The van der Waals surface area contributed by atoms with Crippen molar-refractivity contribution in [2.24, 2.45) is 0 Å². The van der Waals surface area contributed by atoms with Gasteiger partial charge < -0.3 is 5.32 Å². The minimum atomic E-state index is -1.24. The lowest BCUT2D eigenvalue weighted by atomic mass is 10.1. The van der Waals surface area contributed by atoms with Crippen molar-refractivity contribution >= 4 is 27.5 Å². The number of hydrogen-bond acceptors (Lipinski definition) is 1. The van der Waals surface area contributed by atoms with Crippen LogP contribution in [-0.2, 0) is 0 Å². The summed E-state index contributed by atoms with van der Waals surface area (Å²) in [7, 11) is 0. The van der Waals surface area contributed by atoms with E-state index in [2.05, 4.69) is 21.2 Å². The Balaban J connectivity index is 2.33. The lowest BCUT2D eigenvalue weighted by Crippen LogP contribution is -2.16. The predicted octanol–water partition coefficient (Wildman–Crippen LogP) is 4.43. The monoisotopic (exact) mass is 343 g/mol.